The smallest absolute Gasteiger partial charge is 0.228 e. The fraction of sp³-hybridized carbons (Fsp3) is 0.588. The Morgan fingerprint density at radius 3 is 2.84 bits per heavy atom. The molecule has 2 rings (SSSR count). The van der Waals surface area contributed by atoms with Crippen LogP contribution in [0.1, 0.15) is 43.7 Å². The molecule has 0 atom stereocenters. The van der Waals surface area contributed by atoms with Crippen molar-refractivity contribution in [3.63, 3.8) is 0 Å². The Hall–Kier alpha value is -2.35. The maximum Gasteiger partial charge on any atom is 0.228 e. The number of ether oxygens (including phenoxy) is 1. The Kier molecular flexibility index (Phi) is 7.97. The highest BCUT2D eigenvalue weighted by Gasteiger charge is 2.09. The number of furan rings is 1. The lowest BCUT2D eigenvalue weighted by molar-refractivity contribution is 0.105. The number of aliphatic imine (C=N–C) groups is 1. The van der Waals surface area contributed by atoms with E-state index in [4.69, 9.17) is 13.7 Å². The predicted molar refractivity (Wildman–Crippen MR) is 94.4 cm³/mol. The number of nitrogens with one attached hydrogen (secondary N) is 2. The Bertz CT molecular complexity index is 622. The van der Waals surface area contributed by atoms with Crippen molar-refractivity contribution >= 4 is 5.96 Å². The largest absolute Gasteiger partial charge is 0.467 e. The van der Waals surface area contributed by atoms with E-state index in [0.29, 0.717) is 32.1 Å². The van der Waals surface area contributed by atoms with Crippen LogP contribution in [-0.2, 0) is 17.8 Å². The maximum absolute atomic E-state index is 5.53. The van der Waals surface area contributed by atoms with Crippen molar-refractivity contribution in [2.45, 2.75) is 39.2 Å². The number of hydrogen-bond acceptors (Lipinski definition) is 6. The van der Waals surface area contributed by atoms with Gasteiger partial charge in [0.25, 0.3) is 0 Å². The lowest BCUT2D eigenvalue weighted by Gasteiger charge is -2.11. The molecular weight excluding hydrogens is 322 g/mol. The van der Waals surface area contributed by atoms with Crippen molar-refractivity contribution < 1.29 is 13.7 Å². The van der Waals surface area contributed by atoms with E-state index in [2.05, 4.69) is 25.8 Å². The van der Waals surface area contributed by atoms with Crippen LogP contribution in [0.3, 0.4) is 0 Å². The van der Waals surface area contributed by atoms with E-state index < -0.39 is 0 Å². The minimum absolute atomic E-state index is 0.273. The molecule has 0 fully saturated rings. The van der Waals surface area contributed by atoms with E-state index in [9.17, 15) is 0 Å². The van der Waals surface area contributed by atoms with E-state index in [1.807, 2.05) is 26.0 Å². The van der Waals surface area contributed by atoms with Crippen LogP contribution in [0.2, 0.25) is 0 Å². The summed E-state index contributed by atoms with van der Waals surface area (Å²) in [7, 11) is 1.74. The SMILES string of the molecule is CN=C(NCCCOCc1ccco1)NCCc1nc(C(C)C)no1. The Balaban J connectivity index is 1.54. The van der Waals surface area contributed by atoms with E-state index in [1.165, 1.54) is 0 Å². The minimum Gasteiger partial charge on any atom is -0.467 e. The van der Waals surface area contributed by atoms with Crippen LogP contribution >= 0.6 is 0 Å². The lowest BCUT2D eigenvalue weighted by atomic mass is 10.2. The van der Waals surface area contributed by atoms with Crippen LogP contribution in [0.15, 0.2) is 32.3 Å². The average molecular weight is 349 g/mol. The fourth-order valence-electron chi connectivity index (χ4n) is 2.06. The Labute approximate surface area is 148 Å². The molecule has 0 unspecified atom stereocenters. The third kappa shape index (κ3) is 6.96. The summed E-state index contributed by atoms with van der Waals surface area (Å²) in [5.74, 6) is 3.24. The molecule has 2 aromatic heterocycles. The number of guanidine groups is 1. The molecule has 0 radical (unpaired) electrons. The van der Waals surface area contributed by atoms with E-state index in [0.717, 1.165) is 30.5 Å². The molecule has 0 amide bonds. The van der Waals surface area contributed by atoms with Crippen LogP contribution < -0.4 is 10.6 Å². The molecule has 0 bridgehead atoms. The summed E-state index contributed by atoms with van der Waals surface area (Å²) in [5.41, 5.74) is 0. The summed E-state index contributed by atoms with van der Waals surface area (Å²) in [6.45, 7) is 6.69. The van der Waals surface area contributed by atoms with Gasteiger partial charge in [-0.05, 0) is 18.6 Å². The molecule has 2 heterocycles. The van der Waals surface area contributed by atoms with Gasteiger partial charge in [0.2, 0.25) is 5.89 Å². The first kappa shape index (κ1) is 19.0. The van der Waals surface area contributed by atoms with E-state index in [1.54, 1.807) is 13.3 Å². The molecule has 0 aliphatic carbocycles. The lowest BCUT2D eigenvalue weighted by Crippen LogP contribution is -2.39. The van der Waals surface area contributed by atoms with Gasteiger partial charge in [0, 0.05) is 39.1 Å². The first-order valence-corrected chi connectivity index (χ1v) is 8.56. The standard InChI is InChI=1S/C17H27N5O3/c1-13(2)16-21-15(25-22-16)7-9-20-17(18-3)19-8-5-10-23-12-14-6-4-11-24-14/h4,6,11,13H,5,7-10,12H2,1-3H3,(H2,18,19,20). The average Bonchev–Trinajstić information content (AvgIpc) is 3.28. The molecular formula is C17H27N5O3. The van der Waals surface area contributed by atoms with Gasteiger partial charge in [0.15, 0.2) is 11.8 Å². The van der Waals surface area contributed by atoms with Gasteiger partial charge in [-0.1, -0.05) is 19.0 Å². The van der Waals surface area contributed by atoms with Crippen LogP contribution in [0.5, 0.6) is 0 Å². The van der Waals surface area contributed by atoms with Gasteiger partial charge in [-0.25, -0.2) is 0 Å². The van der Waals surface area contributed by atoms with Crippen molar-refractivity contribution in [3.8, 4) is 0 Å². The Morgan fingerprint density at radius 1 is 1.32 bits per heavy atom. The highest BCUT2D eigenvalue weighted by molar-refractivity contribution is 5.79. The number of nitrogens with zero attached hydrogens (tertiary/aromatic N) is 3. The first-order chi connectivity index (χ1) is 12.2. The molecule has 8 nitrogen and oxygen atoms in total. The van der Waals surface area contributed by atoms with Crippen molar-refractivity contribution in [2.75, 3.05) is 26.7 Å². The third-order valence-corrected chi connectivity index (χ3v) is 3.44. The molecule has 0 aliphatic heterocycles. The second-order valence-corrected chi connectivity index (χ2v) is 5.86. The number of rotatable bonds is 10. The van der Waals surface area contributed by atoms with Gasteiger partial charge < -0.3 is 24.3 Å². The van der Waals surface area contributed by atoms with Gasteiger partial charge >= 0.3 is 0 Å². The van der Waals surface area contributed by atoms with Crippen LogP contribution in [-0.4, -0.2) is 42.8 Å². The molecule has 2 aromatic rings. The van der Waals surface area contributed by atoms with E-state index in [-0.39, 0.29) is 5.92 Å². The minimum atomic E-state index is 0.273. The van der Waals surface area contributed by atoms with Gasteiger partial charge in [-0.15, -0.1) is 0 Å². The summed E-state index contributed by atoms with van der Waals surface area (Å²) >= 11 is 0. The van der Waals surface area contributed by atoms with Crippen LogP contribution in [0.4, 0.5) is 0 Å². The van der Waals surface area contributed by atoms with Crippen molar-refractivity contribution in [3.05, 3.63) is 35.9 Å². The topological polar surface area (TPSA) is 97.7 Å². The second kappa shape index (κ2) is 10.5. The zero-order valence-corrected chi connectivity index (χ0v) is 15.1. The summed E-state index contributed by atoms with van der Waals surface area (Å²) < 4.78 is 15.9. The zero-order chi connectivity index (χ0) is 17.9. The molecule has 0 aliphatic rings. The highest BCUT2D eigenvalue weighted by atomic mass is 16.5. The molecule has 25 heavy (non-hydrogen) atoms. The third-order valence-electron chi connectivity index (χ3n) is 3.44. The first-order valence-electron chi connectivity index (χ1n) is 8.56. The highest BCUT2D eigenvalue weighted by Crippen LogP contribution is 2.09. The molecule has 8 heteroatoms. The Morgan fingerprint density at radius 2 is 2.16 bits per heavy atom. The van der Waals surface area contributed by atoms with Gasteiger partial charge in [0.05, 0.1) is 6.26 Å². The molecule has 0 saturated heterocycles. The maximum atomic E-state index is 5.53. The van der Waals surface area contributed by atoms with Crippen molar-refractivity contribution in [1.29, 1.82) is 0 Å². The number of hydrogen-bond donors (Lipinski definition) is 2. The van der Waals surface area contributed by atoms with Gasteiger partial charge in [-0.2, -0.15) is 4.98 Å². The summed E-state index contributed by atoms with van der Waals surface area (Å²) in [6, 6.07) is 3.76. The molecule has 2 N–H and O–H groups in total. The molecule has 0 spiro atoms. The molecule has 0 saturated carbocycles. The monoisotopic (exact) mass is 349 g/mol. The summed E-state index contributed by atoms with van der Waals surface area (Å²) in [5, 5.41) is 10.4. The van der Waals surface area contributed by atoms with Gasteiger partial charge in [-0.3, -0.25) is 4.99 Å². The fourth-order valence-corrected chi connectivity index (χ4v) is 2.06. The van der Waals surface area contributed by atoms with E-state index >= 15 is 0 Å². The second-order valence-electron chi connectivity index (χ2n) is 5.86. The van der Waals surface area contributed by atoms with Crippen LogP contribution in [0.25, 0.3) is 0 Å². The van der Waals surface area contributed by atoms with Crippen molar-refractivity contribution in [2.24, 2.45) is 4.99 Å². The zero-order valence-electron chi connectivity index (χ0n) is 15.1. The van der Waals surface area contributed by atoms with Crippen LogP contribution in [0, 0.1) is 0 Å². The van der Waals surface area contributed by atoms with Gasteiger partial charge in [0.1, 0.15) is 12.4 Å². The number of aromatic nitrogens is 2. The summed E-state index contributed by atoms with van der Waals surface area (Å²) in [4.78, 5) is 8.53. The quantitative estimate of drug-likeness (QED) is 0.385. The molecule has 138 valence electrons. The predicted octanol–water partition coefficient (Wildman–Crippen LogP) is 2.10. The van der Waals surface area contributed by atoms with Crippen molar-refractivity contribution in [1.82, 2.24) is 20.8 Å². The normalized spacial score (nSPS) is 11.9. The molecule has 0 aromatic carbocycles. The summed E-state index contributed by atoms with van der Waals surface area (Å²) in [6.07, 6.45) is 3.18.